The van der Waals surface area contributed by atoms with Crippen LogP contribution < -0.4 is 5.32 Å². The molecule has 4 nitrogen and oxygen atoms in total. The van der Waals surface area contributed by atoms with Gasteiger partial charge in [0.25, 0.3) is 0 Å². The van der Waals surface area contributed by atoms with E-state index in [0.29, 0.717) is 0 Å². The van der Waals surface area contributed by atoms with E-state index in [2.05, 4.69) is 12.2 Å². The van der Waals surface area contributed by atoms with Gasteiger partial charge in [0, 0.05) is 6.08 Å². The highest BCUT2D eigenvalue weighted by Crippen LogP contribution is 2.15. The van der Waals surface area contributed by atoms with Crippen LogP contribution in [0.15, 0.2) is 54.6 Å². The quantitative estimate of drug-likeness (QED) is 0.793. The fraction of sp³-hybridized carbons (Fsp3) is 0.158. The van der Waals surface area contributed by atoms with Crippen LogP contribution in [0.3, 0.4) is 0 Å². The Balaban J connectivity index is 2.03. The molecule has 0 aliphatic heterocycles. The number of amides is 1. The third kappa shape index (κ3) is 4.81. The number of benzene rings is 2. The van der Waals surface area contributed by atoms with Gasteiger partial charge in [0.15, 0.2) is 0 Å². The van der Waals surface area contributed by atoms with Gasteiger partial charge in [-0.15, -0.1) is 0 Å². The van der Waals surface area contributed by atoms with Crippen molar-refractivity contribution in [3.63, 3.8) is 0 Å². The molecule has 2 N–H and O–H groups in total. The largest absolute Gasteiger partial charge is 0.478 e. The summed E-state index contributed by atoms with van der Waals surface area (Å²) in [5.74, 6) is -1.44. The monoisotopic (exact) mass is 309 g/mol. The molecule has 1 amide bonds. The Morgan fingerprint density at radius 2 is 1.78 bits per heavy atom. The van der Waals surface area contributed by atoms with Crippen molar-refractivity contribution in [3.8, 4) is 0 Å². The molecule has 0 atom stereocenters. The third-order valence-corrected chi connectivity index (χ3v) is 3.36. The Labute approximate surface area is 135 Å². The topological polar surface area (TPSA) is 66.4 Å². The van der Waals surface area contributed by atoms with Gasteiger partial charge in [-0.2, -0.15) is 0 Å². The molecule has 23 heavy (non-hydrogen) atoms. The standard InChI is InChI=1S/C19H19NO3/c1-2-5-14-8-10-15(11-9-14)12-13-18(21)20-17-7-4-3-6-16(17)19(22)23/h3-4,6-13H,2,5H2,1H3,(H,20,21)(H,22,23)/b13-12+. The van der Waals surface area contributed by atoms with Gasteiger partial charge >= 0.3 is 5.97 Å². The molecule has 2 aromatic carbocycles. The SMILES string of the molecule is CCCc1ccc(/C=C/C(=O)Nc2ccccc2C(=O)O)cc1. The van der Waals surface area contributed by atoms with Crippen molar-refractivity contribution >= 4 is 23.6 Å². The molecular weight excluding hydrogens is 290 g/mol. The normalized spacial score (nSPS) is 10.7. The second-order valence-electron chi connectivity index (χ2n) is 5.16. The van der Waals surface area contributed by atoms with Crippen molar-refractivity contribution in [2.45, 2.75) is 19.8 Å². The molecule has 0 fully saturated rings. The molecule has 0 aliphatic rings. The minimum Gasteiger partial charge on any atom is -0.478 e. The Morgan fingerprint density at radius 1 is 1.09 bits per heavy atom. The maximum Gasteiger partial charge on any atom is 0.337 e. The Bertz CT molecular complexity index is 718. The van der Waals surface area contributed by atoms with Crippen LogP contribution in [-0.4, -0.2) is 17.0 Å². The Kier molecular flexibility index (Phi) is 5.69. The summed E-state index contributed by atoms with van der Waals surface area (Å²) in [4.78, 5) is 23.0. The fourth-order valence-electron chi connectivity index (χ4n) is 2.21. The molecule has 0 radical (unpaired) electrons. The summed E-state index contributed by atoms with van der Waals surface area (Å²) >= 11 is 0. The molecule has 0 saturated heterocycles. The zero-order valence-electron chi connectivity index (χ0n) is 13.0. The van der Waals surface area contributed by atoms with Crippen LogP contribution in [0.4, 0.5) is 5.69 Å². The highest BCUT2D eigenvalue weighted by molar-refractivity contribution is 6.06. The highest BCUT2D eigenvalue weighted by Gasteiger charge is 2.09. The lowest BCUT2D eigenvalue weighted by atomic mass is 10.1. The van der Waals surface area contributed by atoms with Gasteiger partial charge in [-0.3, -0.25) is 4.79 Å². The van der Waals surface area contributed by atoms with Crippen LogP contribution >= 0.6 is 0 Å². The zero-order valence-corrected chi connectivity index (χ0v) is 13.0. The summed E-state index contributed by atoms with van der Waals surface area (Å²) in [7, 11) is 0. The van der Waals surface area contributed by atoms with Crippen LogP contribution in [0.5, 0.6) is 0 Å². The molecule has 0 spiro atoms. The molecule has 2 rings (SSSR count). The van der Waals surface area contributed by atoms with Crippen molar-refractivity contribution in [2.75, 3.05) is 5.32 Å². The lowest BCUT2D eigenvalue weighted by Crippen LogP contribution is -2.11. The number of anilines is 1. The first-order chi connectivity index (χ1) is 11.1. The summed E-state index contributed by atoms with van der Waals surface area (Å²) in [6, 6.07) is 14.3. The van der Waals surface area contributed by atoms with Crippen LogP contribution in [0.2, 0.25) is 0 Å². The zero-order chi connectivity index (χ0) is 16.7. The molecule has 0 saturated carbocycles. The van der Waals surface area contributed by atoms with E-state index in [1.807, 2.05) is 24.3 Å². The van der Waals surface area contributed by atoms with Crippen molar-refractivity contribution in [3.05, 3.63) is 71.3 Å². The summed E-state index contributed by atoms with van der Waals surface area (Å²) in [5, 5.41) is 11.7. The van der Waals surface area contributed by atoms with Gasteiger partial charge in [-0.1, -0.05) is 49.7 Å². The van der Waals surface area contributed by atoms with Crippen molar-refractivity contribution in [1.29, 1.82) is 0 Å². The molecule has 4 heteroatoms. The summed E-state index contributed by atoms with van der Waals surface area (Å²) < 4.78 is 0. The Hall–Kier alpha value is -2.88. The molecule has 0 unspecified atom stereocenters. The first-order valence-corrected chi connectivity index (χ1v) is 7.50. The molecule has 0 bridgehead atoms. The van der Waals surface area contributed by atoms with Crippen LogP contribution in [0, 0.1) is 0 Å². The lowest BCUT2D eigenvalue weighted by molar-refractivity contribution is -0.111. The number of carbonyl (C=O) groups is 2. The van der Waals surface area contributed by atoms with E-state index in [4.69, 9.17) is 5.11 Å². The minimum atomic E-state index is -1.07. The highest BCUT2D eigenvalue weighted by atomic mass is 16.4. The molecule has 0 aliphatic carbocycles. The number of aromatic carboxylic acids is 1. The number of carboxylic acids is 1. The van der Waals surface area contributed by atoms with E-state index in [9.17, 15) is 9.59 Å². The third-order valence-electron chi connectivity index (χ3n) is 3.36. The average Bonchev–Trinajstić information content (AvgIpc) is 2.55. The predicted molar refractivity (Wildman–Crippen MR) is 91.5 cm³/mol. The van der Waals surface area contributed by atoms with E-state index in [0.717, 1.165) is 18.4 Å². The molecule has 2 aromatic rings. The van der Waals surface area contributed by atoms with Gasteiger partial charge in [-0.25, -0.2) is 4.79 Å². The van der Waals surface area contributed by atoms with Gasteiger partial charge in [0.2, 0.25) is 5.91 Å². The first kappa shape index (κ1) is 16.5. The van der Waals surface area contributed by atoms with Crippen LogP contribution in [0.1, 0.15) is 34.8 Å². The van der Waals surface area contributed by atoms with Gasteiger partial charge in [-0.05, 0) is 35.8 Å². The summed E-state index contributed by atoms with van der Waals surface area (Å²) in [5.41, 5.74) is 2.54. The number of hydrogen-bond donors (Lipinski definition) is 2. The predicted octanol–water partition coefficient (Wildman–Crippen LogP) is 3.99. The number of para-hydroxylation sites is 1. The van der Waals surface area contributed by atoms with Crippen LogP contribution in [0.25, 0.3) is 6.08 Å². The van der Waals surface area contributed by atoms with E-state index >= 15 is 0 Å². The minimum absolute atomic E-state index is 0.0677. The van der Waals surface area contributed by atoms with Crippen molar-refractivity contribution in [2.24, 2.45) is 0 Å². The fourth-order valence-corrected chi connectivity index (χ4v) is 2.21. The molecular formula is C19H19NO3. The van der Waals surface area contributed by atoms with E-state index in [-0.39, 0.29) is 17.2 Å². The number of carboxylic acid groups (broad SMARTS) is 1. The second-order valence-corrected chi connectivity index (χ2v) is 5.16. The number of aryl methyl sites for hydroxylation is 1. The first-order valence-electron chi connectivity index (χ1n) is 7.50. The van der Waals surface area contributed by atoms with Crippen LogP contribution in [-0.2, 0) is 11.2 Å². The maximum atomic E-state index is 11.9. The van der Waals surface area contributed by atoms with E-state index in [1.165, 1.54) is 17.7 Å². The molecule has 118 valence electrons. The van der Waals surface area contributed by atoms with Gasteiger partial charge in [0.1, 0.15) is 0 Å². The van der Waals surface area contributed by atoms with Gasteiger partial charge < -0.3 is 10.4 Å². The number of carbonyl (C=O) groups excluding carboxylic acids is 1. The van der Waals surface area contributed by atoms with E-state index < -0.39 is 5.97 Å². The Morgan fingerprint density at radius 3 is 2.43 bits per heavy atom. The van der Waals surface area contributed by atoms with E-state index in [1.54, 1.807) is 24.3 Å². The number of hydrogen-bond acceptors (Lipinski definition) is 2. The van der Waals surface area contributed by atoms with Crippen molar-refractivity contribution in [1.82, 2.24) is 0 Å². The maximum absolute atomic E-state index is 11.9. The van der Waals surface area contributed by atoms with Gasteiger partial charge in [0.05, 0.1) is 11.3 Å². The smallest absolute Gasteiger partial charge is 0.337 e. The summed E-state index contributed by atoms with van der Waals surface area (Å²) in [6.45, 7) is 2.13. The molecule has 0 aromatic heterocycles. The average molecular weight is 309 g/mol. The lowest BCUT2D eigenvalue weighted by Gasteiger charge is -2.05. The number of nitrogens with one attached hydrogen (secondary N) is 1. The molecule has 0 heterocycles. The number of rotatable bonds is 6. The van der Waals surface area contributed by atoms with Crippen molar-refractivity contribution < 1.29 is 14.7 Å². The summed E-state index contributed by atoms with van der Waals surface area (Å²) in [6.07, 6.45) is 5.24. The second kappa shape index (κ2) is 7.94.